The van der Waals surface area contributed by atoms with E-state index < -0.39 is 17.9 Å². The number of halogens is 2. The summed E-state index contributed by atoms with van der Waals surface area (Å²) in [6.45, 7) is 1.13. The fourth-order valence-corrected chi connectivity index (χ4v) is 3.46. The molecule has 0 aliphatic carbocycles. The van der Waals surface area contributed by atoms with Crippen molar-refractivity contribution in [2.24, 2.45) is 0 Å². The van der Waals surface area contributed by atoms with Crippen molar-refractivity contribution in [3.8, 4) is 0 Å². The number of benzene rings is 2. The molecule has 1 unspecified atom stereocenters. The summed E-state index contributed by atoms with van der Waals surface area (Å²) in [6, 6.07) is 10.8. The zero-order valence-electron chi connectivity index (χ0n) is 14.5. The molecular formula is C20H19ClFNO4. The lowest BCUT2D eigenvalue weighted by Crippen LogP contribution is -2.42. The van der Waals surface area contributed by atoms with Crippen LogP contribution in [-0.4, -0.2) is 41.6 Å². The molecule has 0 spiro atoms. The Kier molecular flexibility index (Phi) is 6.08. The number of nitrogens with zero attached hydrogens (tertiary/aromatic N) is 1. The third-order valence-electron chi connectivity index (χ3n) is 4.58. The van der Waals surface area contributed by atoms with Crippen LogP contribution in [0.4, 0.5) is 4.39 Å². The summed E-state index contributed by atoms with van der Waals surface area (Å²) in [4.78, 5) is 25.5. The Balaban J connectivity index is 1.64. The van der Waals surface area contributed by atoms with Crippen LogP contribution in [0.2, 0.25) is 5.02 Å². The first-order valence-electron chi connectivity index (χ1n) is 8.61. The van der Waals surface area contributed by atoms with Crippen LogP contribution in [0.15, 0.2) is 42.5 Å². The zero-order chi connectivity index (χ0) is 19.4. The molecule has 1 heterocycles. The summed E-state index contributed by atoms with van der Waals surface area (Å²) in [5.74, 6) is -1.51. The van der Waals surface area contributed by atoms with Gasteiger partial charge in [0.05, 0.1) is 18.7 Å². The molecule has 1 aliphatic rings. The SMILES string of the molecule is O=C(O)c1ccccc1CCC(=O)N1CCOC(c2ccc(F)cc2Cl)C1. The van der Waals surface area contributed by atoms with Gasteiger partial charge in [0.1, 0.15) is 11.9 Å². The summed E-state index contributed by atoms with van der Waals surface area (Å²) in [7, 11) is 0. The van der Waals surface area contributed by atoms with Gasteiger partial charge in [-0.25, -0.2) is 9.18 Å². The Bertz CT molecular complexity index is 858. The molecule has 0 aromatic heterocycles. The van der Waals surface area contributed by atoms with Gasteiger partial charge in [-0.3, -0.25) is 4.79 Å². The number of hydrogen-bond donors (Lipinski definition) is 1. The number of hydrogen-bond acceptors (Lipinski definition) is 3. The first kappa shape index (κ1) is 19.3. The molecule has 2 aromatic rings. The predicted octanol–water partition coefficient (Wildman–Crippen LogP) is 3.71. The van der Waals surface area contributed by atoms with E-state index in [1.807, 2.05) is 0 Å². The second-order valence-electron chi connectivity index (χ2n) is 6.33. The molecule has 142 valence electrons. The third-order valence-corrected chi connectivity index (χ3v) is 4.91. The summed E-state index contributed by atoms with van der Waals surface area (Å²) < 4.78 is 18.9. The van der Waals surface area contributed by atoms with Crippen LogP contribution in [0.1, 0.15) is 34.0 Å². The van der Waals surface area contributed by atoms with E-state index in [0.717, 1.165) is 0 Å². The average Bonchev–Trinajstić information content (AvgIpc) is 2.66. The quantitative estimate of drug-likeness (QED) is 0.843. The number of carboxylic acids is 1. The van der Waals surface area contributed by atoms with Crippen molar-refractivity contribution < 1.29 is 23.8 Å². The van der Waals surface area contributed by atoms with Crippen molar-refractivity contribution in [2.45, 2.75) is 18.9 Å². The number of rotatable bonds is 5. The molecule has 27 heavy (non-hydrogen) atoms. The van der Waals surface area contributed by atoms with Crippen molar-refractivity contribution in [1.82, 2.24) is 4.90 Å². The van der Waals surface area contributed by atoms with E-state index in [0.29, 0.717) is 37.2 Å². The maximum atomic E-state index is 13.2. The minimum absolute atomic E-state index is 0.0817. The van der Waals surface area contributed by atoms with Gasteiger partial charge >= 0.3 is 5.97 Å². The fraction of sp³-hybridized carbons (Fsp3) is 0.300. The van der Waals surface area contributed by atoms with E-state index in [1.165, 1.54) is 18.2 Å². The summed E-state index contributed by atoms with van der Waals surface area (Å²) >= 11 is 6.10. The first-order valence-corrected chi connectivity index (χ1v) is 8.99. The number of carbonyl (C=O) groups excluding carboxylic acids is 1. The van der Waals surface area contributed by atoms with E-state index in [2.05, 4.69) is 0 Å². The first-order chi connectivity index (χ1) is 13.0. The molecule has 1 amide bonds. The standard InChI is InChI=1S/C20H19ClFNO4/c21-17-11-14(22)6-7-16(17)18-12-23(9-10-27-18)19(24)8-5-13-3-1-2-4-15(13)20(25)26/h1-4,6-7,11,18H,5,8-10,12H2,(H,25,26). The second kappa shape index (κ2) is 8.50. The van der Waals surface area contributed by atoms with Gasteiger partial charge in [0.15, 0.2) is 0 Å². The van der Waals surface area contributed by atoms with Gasteiger partial charge in [0, 0.05) is 23.6 Å². The van der Waals surface area contributed by atoms with Crippen LogP contribution in [0.5, 0.6) is 0 Å². The van der Waals surface area contributed by atoms with Crippen molar-refractivity contribution in [3.05, 3.63) is 70.0 Å². The van der Waals surface area contributed by atoms with Crippen LogP contribution in [0.3, 0.4) is 0 Å². The minimum atomic E-state index is -1.00. The highest BCUT2D eigenvalue weighted by molar-refractivity contribution is 6.31. The highest BCUT2D eigenvalue weighted by Gasteiger charge is 2.27. The molecule has 7 heteroatoms. The van der Waals surface area contributed by atoms with E-state index >= 15 is 0 Å². The van der Waals surface area contributed by atoms with Crippen molar-refractivity contribution in [3.63, 3.8) is 0 Å². The lowest BCUT2D eigenvalue weighted by atomic mass is 10.0. The number of aromatic carboxylic acids is 1. The number of carbonyl (C=O) groups is 2. The molecule has 0 radical (unpaired) electrons. The molecule has 5 nitrogen and oxygen atoms in total. The van der Waals surface area contributed by atoms with Crippen LogP contribution in [-0.2, 0) is 16.0 Å². The lowest BCUT2D eigenvalue weighted by Gasteiger charge is -2.33. The molecule has 0 bridgehead atoms. The lowest BCUT2D eigenvalue weighted by molar-refractivity contribution is -0.139. The van der Waals surface area contributed by atoms with Gasteiger partial charge < -0.3 is 14.7 Å². The Morgan fingerprint density at radius 3 is 2.78 bits per heavy atom. The number of morpholine rings is 1. The normalized spacial score (nSPS) is 17.0. The van der Waals surface area contributed by atoms with Crippen LogP contribution >= 0.6 is 11.6 Å². The van der Waals surface area contributed by atoms with Gasteiger partial charge in [-0.1, -0.05) is 35.9 Å². The zero-order valence-corrected chi connectivity index (χ0v) is 15.3. The molecule has 3 rings (SSSR count). The Morgan fingerprint density at radius 2 is 2.04 bits per heavy atom. The van der Waals surface area contributed by atoms with E-state index in [1.54, 1.807) is 29.2 Å². The third kappa shape index (κ3) is 4.64. The van der Waals surface area contributed by atoms with Crippen LogP contribution in [0, 0.1) is 5.82 Å². The van der Waals surface area contributed by atoms with Gasteiger partial charge in [-0.15, -0.1) is 0 Å². The monoisotopic (exact) mass is 391 g/mol. The number of amides is 1. The maximum absolute atomic E-state index is 13.2. The summed E-state index contributed by atoms with van der Waals surface area (Å²) in [5, 5.41) is 9.50. The molecule has 1 saturated heterocycles. The molecule has 1 aliphatic heterocycles. The van der Waals surface area contributed by atoms with Gasteiger partial charge in [0.25, 0.3) is 0 Å². The Labute approximate surface area is 161 Å². The highest BCUT2D eigenvalue weighted by atomic mass is 35.5. The second-order valence-corrected chi connectivity index (χ2v) is 6.73. The topological polar surface area (TPSA) is 66.8 Å². The molecule has 1 atom stereocenters. The van der Waals surface area contributed by atoms with Crippen molar-refractivity contribution in [2.75, 3.05) is 19.7 Å². The van der Waals surface area contributed by atoms with Crippen LogP contribution in [0.25, 0.3) is 0 Å². The van der Waals surface area contributed by atoms with Gasteiger partial charge in [-0.2, -0.15) is 0 Å². The smallest absolute Gasteiger partial charge is 0.335 e. The molecular weight excluding hydrogens is 373 g/mol. The highest BCUT2D eigenvalue weighted by Crippen LogP contribution is 2.29. The minimum Gasteiger partial charge on any atom is -0.478 e. The number of carboxylic acid groups (broad SMARTS) is 1. The summed E-state index contributed by atoms with van der Waals surface area (Å²) in [6.07, 6.45) is 0.136. The van der Waals surface area contributed by atoms with Crippen LogP contribution < -0.4 is 0 Å². The molecule has 0 saturated carbocycles. The van der Waals surface area contributed by atoms with E-state index in [-0.39, 0.29) is 22.9 Å². The molecule has 1 fully saturated rings. The van der Waals surface area contributed by atoms with Crippen molar-refractivity contribution >= 4 is 23.5 Å². The summed E-state index contributed by atoms with van der Waals surface area (Å²) in [5.41, 5.74) is 1.49. The Hall–Kier alpha value is -2.44. The van der Waals surface area contributed by atoms with Crippen molar-refractivity contribution in [1.29, 1.82) is 0 Å². The van der Waals surface area contributed by atoms with E-state index in [4.69, 9.17) is 16.3 Å². The largest absolute Gasteiger partial charge is 0.478 e. The number of aryl methyl sites for hydroxylation is 1. The van der Waals surface area contributed by atoms with Gasteiger partial charge in [-0.05, 0) is 30.2 Å². The molecule has 2 aromatic carbocycles. The fourth-order valence-electron chi connectivity index (χ4n) is 3.17. The van der Waals surface area contributed by atoms with Gasteiger partial charge in [0.2, 0.25) is 5.91 Å². The maximum Gasteiger partial charge on any atom is 0.335 e. The number of ether oxygens (including phenoxy) is 1. The predicted molar refractivity (Wildman–Crippen MR) is 98.4 cm³/mol. The Morgan fingerprint density at radius 1 is 1.26 bits per heavy atom. The average molecular weight is 392 g/mol. The van der Waals surface area contributed by atoms with E-state index in [9.17, 15) is 19.1 Å². The molecule has 1 N–H and O–H groups in total.